The number of nitrogens with two attached hydrogens (primary N) is 1. The van der Waals surface area contributed by atoms with Crippen molar-refractivity contribution in [2.24, 2.45) is 5.73 Å². The van der Waals surface area contributed by atoms with Crippen LogP contribution in [0.4, 0.5) is 4.79 Å². The maximum absolute atomic E-state index is 12.6. The van der Waals surface area contributed by atoms with Gasteiger partial charge in [0, 0.05) is 49.8 Å². The number of nitrogens with zero attached hydrogens (tertiary/aromatic N) is 4. The zero-order valence-electron chi connectivity index (χ0n) is 14.8. The summed E-state index contributed by atoms with van der Waals surface area (Å²) in [6.45, 7) is 3.46. The van der Waals surface area contributed by atoms with Crippen LogP contribution in [0.3, 0.4) is 0 Å². The van der Waals surface area contributed by atoms with Crippen molar-refractivity contribution >= 4 is 11.9 Å². The molecule has 0 radical (unpaired) electrons. The standard InChI is InChI=1S/C19H23N5O2/c1-14-5-6-15(12-22-14)18(25)23-10-8-17(13-23)24(19(20)26)11-7-16-4-2-3-9-21-16/h2-6,9,12,17H,7-8,10-11,13H2,1H3,(H2,20,26)/t17-/m1/s1. The zero-order valence-corrected chi connectivity index (χ0v) is 14.8. The Bertz CT molecular complexity index is 763. The van der Waals surface area contributed by atoms with Gasteiger partial charge >= 0.3 is 6.03 Å². The van der Waals surface area contributed by atoms with Crippen molar-refractivity contribution in [1.82, 2.24) is 19.8 Å². The normalized spacial score (nSPS) is 16.5. The fraction of sp³-hybridized carbons (Fsp3) is 0.368. The van der Waals surface area contributed by atoms with E-state index < -0.39 is 6.03 Å². The minimum absolute atomic E-state index is 0.0610. The fourth-order valence-electron chi connectivity index (χ4n) is 3.21. The van der Waals surface area contributed by atoms with Crippen molar-refractivity contribution in [2.45, 2.75) is 25.8 Å². The topological polar surface area (TPSA) is 92.4 Å². The van der Waals surface area contributed by atoms with E-state index in [9.17, 15) is 9.59 Å². The molecule has 3 rings (SSSR count). The maximum Gasteiger partial charge on any atom is 0.315 e. The van der Waals surface area contributed by atoms with Crippen molar-refractivity contribution in [3.8, 4) is 0 Å². The van der Waals surface area contributed by atoms with Crippen LogP contribution in [0.1, 0.15) is 28.2 Å². The first kappa shape index (κ1) is 17.8. The van der Waals surface area contributed by atoms with Crippen LogP contribution < -0.4 is 5.73 Å². The van der Waals surface area contributed by atoms with Gasteiger partial charge in [-0.05, 0) is 37.6 Å². The number of amides is 3. The second kappa shape index (κ2) is 7.95. The minimum Gasteiger partial charge on any atom is -0.351 e. The van der Waals surface area contributed by atoms with Gasteiger partial charge in [-0.15, -0.1) is 0 Å². The van der Waals surface area contributed by atoms with Crippen LogP contribution in [0.25, 0.3) is 0 Å². The number of pyridine rings is 2. The number of aryl methyl sites for hydroxylation is 1. The van der Waals surface area contributed by atoms with Crippen molar-refractivity contribution in [1.29, 1.82) is 0 Å². The molecule has 0 bridgehead atoms. The van der Waals surface area contributed by atoms with Crippen LogP contribution in [-0.4, -0.2) is 57.4 Å². The molecule has 0 aliphatic carbocycles. The Hall–Kier alpha value is -2.96. The number of aromatic nitrogens is 2. The summed E-state index contributed by atoms with van der Waals surface area (Å²) >= 11 is 0. The lowest BCUT2D eigenvalue weighted by Gasteiger charge is -2.27. The van der Waals surface area contributed by atoms with Crippen molar-refractivity contribution in [2.75, 3.05) is 19.6 Å². The summed E-state index contributed by atoms with van der Waals surface area (Å²) in [5.41, 5.74) is 7.93. The van der Waals surface area contributed by atoms with Gasteiger partial charge in [-0.1, -0.05) is 6.07 Å². The van der Waals surface area contributed by atoms with E-state index in [1.807, 2.05) is 31.2 Å². The first-order chi connectivity index (χ1) is 12.5. The van der Waals surface area contributed by atoms with E-state index in [0.29, 0.717) is 31.6 Å². The van der Waals surface area contributed by atoms with Crippen molar-refractivity contribution in [3.63, 3.8) is 0 Å². The molecular formula is C19H23N5O2. The lowest BCUT2D eigenvalue weighted by molar-refractivity contribution is 0.0780. The first-order valence-electron chi connectivity index (χ1n) is 8.72. The summed E-state index contributed by atoms with van der Waals surface area (Å²) in [7, 11) is 0. The van der Waals surface area contributed by atoms with Crippen LogP contribution in [0.15, 0.2) is 42.7 Å². The Morgan fingerprint density at radius 3 is 2.77 bits per heavy atom. The van der Waals surface area contributed by atoms with Crippen LogP contribution >= 0.6 is 0 Å². The van der Waals surface area contributed by atoms with E-state index in [4.69, 9.17) is 5.73 Å². The maximum atomic E-state index is 12.6. The Kier molecular flexibility index (Phi) is 5.46. The van der Waals surface area contributed by atoms with E-state index in [1.54, 1.807) is 28.3 Å². The number of carbonyl (C=O) groups is 2. The molecule has 2 aromatic rings. The van der Waals surface area contributed by atoms with Gasteiger partial charge in [0.25, 0.3) is 5.91 Å². The number of hydrogen-bond acceptors (Lipinski definition) is 4. The van der Waals surface area contributed by atoms with Gasteiger partial charge in [0.15, 0.2) is 0 Å². The Morgan fingerprint density at radius 2 is 2.12 bits per heavy atom. The molecule has 7 heteroatoms. The molecule has 1 aliphatic heterocycles. The van der Waals surface area contributed by atoms with Gasteiger partial charge < -0.3 is 15.5 Å². The van der Waals surface area contributed by atoms with Crippen LogP contribution in [-0.2, 0) is 6.42 Å². The van der Waals surface area contributed by atoms with E-state index in [1.165, 1.54) is 0 Å². The number of urea groups is 1. The number of likely N-dealkylation sites (tertiary alicyclic amines) is 1. The molecule has 136 valence electrons. The molecule has 2 aromatic heterocycles. The molecule has 2 N–H and O–H groups in total. The lowest BCUT2D eigenvalue weighted by Crippen LogP contribution is -2.46. The molecule has 0 spiro atoms. The summed E-state index contributed by atoms with van der Waals surface area (Å²) in [6.07, 6.45) is 4.68. The highest BCUT2D eigenvalue weighted by Gasteiger charge is 2.32. The molecule has 26 heavy (non-hydrogen) atoms. The first-order valence-corrected chi connectivity index (χ1v) is 8.72. The summed E-state index contributed by atoms with van der Waals surface area (Å²) in [6, 6.07) is 8.77. The molecule has 3 amide bonds. The average molecular weight is 353 g/mol. The predicted molar refractivity (Wildman–Crippen MR) is 97.5 cm³/mol. The molecule has 1 fully saturated rings. The quantitative estimate of drug-likeness (QED) is 0.884. The second-order valence-electron chi connectivity index (χ2n) is 6.48. The molecular weight excluding hydrogens is 330 g/mol. The number of primary amides is 1. The number of hydrogen-bond donors (Lipinski definition) is 1. The number of carbonyl (C=O) groups excluding carboxylic acids is 2. The summed E-state index contributed by atoms with van der Waals surface area (Å²) in [5.74, 6) is -0.0610. The third kappa shape index (κ3) is 4.17. The van der Waals surface area contributed by atoms with Gasteiger partial charge in [0.05, 0.1) is 11.6 Å². The second-order valence-corrected chi connectivity index (χ2v) is 6.48. The third-order valence-electron chi connectivity index (χ3n) is 4.67. The highest BCUT2D eigenvalue weighted by Crippen LogP contribution is 2.18. The highest BCUT2D eigenvalue weighted by molar-refractivity contribution is 5.94. The van der Waals surface area contributed by atoms with Gasteiger partial charge in [-0.3, -0.25) is 14.8 Å². The molecule has 1 atom stereocenters. The average Bonchev–Trinajstić information content (AvgIpc) is 3.12. The fourth-order valence-corrected chi connectivity index (χ4v) is 3.21. The van der Waals surface area contributed by atoms with E-state index in [-0.39, 0.29) is 11.9 Å². The predicted octanol–water partition coefficient (Wildman–Crippen LogP) is 1.62. The molecule has 0 aromatic carbocycles. The molecule has 1 aliphatic rings. The van der Waals surface area contributed by atoms with Gasteiger partial charge in [0.1, 0.15) is 0 Å². The largest absolute Gasteiger partial charge is 0.351 e. The molecule has 3 heterocycles. The third-order valence-corrected chi connectivity index (χ3v) is 4.67. The molecule has 0 unspecified atom stereocenters. The van der Waals surface area contributed by atoms with E-state index in [2.05, 4.69) is 9.97 Å². The van der Waals surface area contributed by atoms with Gasteiger partial charge in [0.2, 0.25) is 0 Å². The highest BCUT2D eigenvalue weighted by atomic mass is 16.2. The monoisotopic (exact) mass is 353 g/mol. The number of rotatable bonds is 5. The Morgan fingerprint density at radius 1 is 1.27 bits per heavy atom. The summed E-state index contributed by atoms with van der Waals surface area (Å²) < 4.78 is 0. The smallest absolute Gasteiger partial charge is 0.315 e. The minimum atomic E-state index is -0.461. The van der Waals surface area contributed by atoms with Crippen molar-refractivity contribution in [3.05, 3.63) is 59.7 Å². The SMILES string of the molecule is Cc1ccc(C(=O)N2CC[C@@H](N(CCc3ccccn3)C(N)=O)C2)cn1. The Balaban J connectivity index is 1.62. The van der Waals surface area contributed by atoms with Crippen molar-refractivity contribution < 1.29 is 9.59 Å². The zero-order chi connectivity index (χ0) is 18.5. The molecule has 7 nitrogen and oxygen atoms in total. The molecule has 0 saturated carbocycles. The Labute approximate surface area is 152 Å². The van der Waals surface area contributed by atoms with Gasteiger partial charge in [-0.25, -0.2) is 4.79 Å². The summed E-state index contributed by atoms with van der Waals surface area (Å²) in [5, 5.41) is 0. The van der Waals surface area contributed by atoms with E-state index >= 15 is 0 Å². The summed E-state index contributed by atoms with van der Waals surface area (Å²) in [4.78, 5) is 36.4. The molecule has 1 saturated heterocycles. The van der Waals surface area contributed by atoms with Crippen LogP contribution in [0.5, 0.6) is 0 Å². The van der Waals surface area contributed by atoms with Crippen LogP contribution in [0, 0.1) is 6.92 Å². The van der Waals surface area contributed by atoms with Crippen LogP contribution in [0.2, 0.25) is 0 Å². The lowest BCUT2D eigenvalue weighted by atomic mass is 10.2. The van der Waals surface area contributed by atoms with Gasteiger partial charge in [-0.2, -0.15) is 0 Å². The van der Waals surface area contributed by atoms with E-state index in [0.717, 1.165) is 17.8 Å².